The van der Waals surface area contributed by atoms with E-state index in [-0.39, 0.29) is 5.54 Å². The number of benzene rings is 6. The molecule has 10 rings (SSSR count). The Bertz CT molecular complexity index is 2690. The maximum Gasteiger partial charge on any atom is 0.211 e. The average Bonchev–Trinajstić information content (AvgIpc) is 3.75. The molecule has 5 nitrogen and oxygen atoms in total. The van der Waals surface area contributed by atoms with Gasteiger partial charge in [0.1, 0.15) is 0 Å². The third kappa shape index (κ3) is 3.21. The van der Waals surface area contributed by atoms with Crippen molar-refractivity contribution in [3.63, 3.8) is 0 Å². The van der Waals surface area contributed by atoms with E-state index >= 15 is 0 Å². The van der Waals surface area contributed by atoms with Gasteiger partial charge in [0.2, 0.25) is 5.95 Å². The van der Waals surface area contributed by atoms with Gasteiger partial charge in [-0.3, -0.25) is 0 Å². The molecule has 220 valence electrons. The van der Waals surface area contributed by atoms with Crippen LogP contribution in [0.15, 0.2) is 133 Å². The number of anilines is 2. The zero-order chi connectivity index (χ0) is 30.7. The molecule has 9 aromatic rings. The van der Waals surface area contributed by atoms with E-state index in [4.69, 9.17) is 4.98 Å². The van der Waals surface area contributed by atoms with Gasteiger partial charge in [-0.25, -0.2) is 4.98 Å². The van der Waals surface area contributed by atoms with E-state index in [1.54, 1.807) is 0 Å². The van der Waals surface area contributed by atoms with Crippen LogP contribution in [-0.4, -0.2) is 25.7 Å². The number of fused-ring (bicyclic) bond motifs is 10. The van der Waals surface area contributed by atoms with Crippen LogP contribution in [0.2, 0.25) is 0 Å². The van der Waals surface area contributed by atoms with Crippen molar-refractivity contribution in [3.8, 4) is 11.4 Å². The van der Waals surface area contributed by atoms with Gasteiger partial charge in [-0.1, -0.05) is 72.8 Å². The Morgan fingerprint density at radius 1 is 0.500 bits per heavy atom. The molecule has 0 N–H and O–H groups in total. The van der Waals surface area contributed by atoms with Crippen molar-refractivity contribution < 1.29 is 0 Å². The predicted molar refractivity (Wildman–Crippen MR) is 191 cm³/mol. The van der Waals surface area contributed by atoms with Crippen LogP contribution >= 0.6 is 0 Å². The number of imidazole rings is 1. The van der Waals surface area contributed by atoms with Crippen molar-refractivity contribution in [1.82, 2.24) is 18.7 Å². The lowest BCUT2D eigenvalue weighted by Gasteiger charge is -2.40. The highest BCUT2D eigenvalue weighted by Gasteiger charge is 2.37. The maximum atomic E-state index is 5.09. The summed E-state index contributed by atoms with van der Waals surface area (Å²) >= 11 is 0. The third-order valence-corrected chi connectivity index (χ3v) is 10.1. The minimum absolute atomic E-state index is 0.268. The van der Waals surface area contributed by atoms with Gasteiger partial charge in [0.15, 0.2) is 0 Å². The van der Waals surface area contributed by atoms with Crippen LogP contribution < -0.4 is 4.90 Å². The second-order valence-electron chi connectivity index (χ2n) is 13.0. The number of para-hydroxylation sites is 5. The van der Waals surface area contributed by atoms with Crippen LogP contribution in [0.5, 0.6) is 0 Å². The first-order chi connectivity index (χ1) is 22.5. The molecule has 0 bridgehead atoms. The van der Waals surface area contributed by atoms with Crippen molar-refractivity contribution >= 4 is 66.3 Å². The van der Waals surface area contributed by atoms with Crippen LogP contribution in [0.1, 0.15) is 19.4 Å². The molecule has 3 aromatic heterocycles. The van der Waals surface area contributed by atoms with Crippen LogP contribution in [0.25, 0.3) is 66.0 Å². The quantitative estimate of drug-likeness (QED) is 0.200. The fraction of sp³-hybridized carbons (Fsp3) is 0.0976. The van der Waals surface area contributed by atoms with E-state index in [9.17, 15) is 0 Å². The molecule has 46 heavy (non-hydrogen) atoms. The summed E-state index contributed by atoms with van der Waals surface area (Å²) in [6.45, 7) is 4.60. The lowest BCUT2D eigenvalue weighted by molar-refractivity contribution is 0.440. The lowest BCUT2D eigenvalue weighted by Crippen LogP contribution is -2.37. The van der Waals surface area contributed by atoms with E-state index in [1.165, 1.54) is 54.9 Å². The highest BCUT2D eigenvalue weighted by atomic mass is 15.3. The molecule has 5 heteroatoms. The molecule has 0 spiro atoms. The van der Waals surface area contributed by atoms with Crippen molar-refractivity contribution in [1.29, 1.82) is 0 Å². The molecule has 6 aromatic carbocycles. The van der Waals surface area contributed by atoms with E-state index in [2.05, 4.69) is 173 Å². The second-order valence-corrected chi connectivity index (χ2v) is 13.0. The first-order valence-electron chi connectivity index (χ1n) is 15.9. The minimum atomic E-state index is -0.268. The van der Waals surface area contributed by atoms with Gasteiger partial charge < -0.3 is 18.6 Å². The molecular weight excluding hydrogens is 562 g/mol. The van der Waals surface area contributed by atoms with Gasteiger partial charge in [-0.05, 0) is 74.5 Å². The summed E-state index contributed by atoms with van der Waals surface area (Å²) in [5.41, 5.74) is 11.5. The molecule has 0 fully saturated rings. The molecule has 0 unspecified atom stereocenters. The highest BCUT2D eigenvalue weighted by Crippen LogP contribution is 2.47. The zero-order valence-electron chi connectivity index (χ0n) is 25.9. The Hall–Kier alpha value is -5.81. The number of hydrogen-bond donors (Lipinski definition) is 0. The third-order valence-electron chi connectivity index (χ3n) is 10.1. The summed E-state index contributed by atoms with van der Waals surface area (Å²) < 4.78 is 7.22. The summed E-state index contributed by atoms with van der Waals surface area (Å²) in [5.74, 6) is 0.965. The molecule has 0 saturated heterocycles. The number of rotatable bonds is 2. The second kappa shape index (κ2) is 8.89. The SMILES string of the molecule is CN1c2cc(-n3c4ccccc4c4cc5c6ccccc6n(-c6ccccc6)c5cc43)ccc2C(C)(C)n2c1nc1ccccc12. The van der Waals surface area contributed by atoms with Gasteiger partial charge in [0, 0.05) is 45.5 Å². The summed E-state index contributed by atoms with van der Waals surface area (Å²) in [5, 5.41) is 5.04. The summed E-state index contributed by atoms with van der Waals surface area (Å²) in [4.78, 5) is 7.35. The Morgan fingerprint density at radius 2 is 1.09 bits per heavy atom. The largest absolute Gasteiger partial charge is 0.315 e. The van der Waals surface area contributed by atoms with Gasteiger partial charge in [-0.2, -0.15) is 0 Å². The molecule has 0 aliphatic carbocycles. The van der Waals surface area contributed by atoms with E-state index in [0.29, 0.717) is 0 Å². The van der Waals surface area contributed by atoms with Crippen LogP contribution in [0.3, 0.4) is 0 Å². The summed E-state index contributed by atoms with van der Waals surface area (Å²) in [7, 11) is 2.14. The Labute approximate surface area is 266 Å². The maximum absolute atomic E-state index is 5.09. The van der Waals surface area contributed by atoms with Crippen molar-refractivity contribution in [2.75, 3.05) is 11.9 Å². The standard InChI is InChI=1S/C41H31N5/c1-41(2)32-22-21-27(23-39(32)43(3)40-42-33-17-9-12-20-36(33)46(40)41)45-35-19-11-8-16-29(35)31-24-30-28-15-7-10-18-34(28)44(37(30)25-38(31)45)26-13-5-4-6-14-26/h4-25H,1-3H3. The lowest BCUT2D eigenvalue weighted by atomic mass is 9.89. The Morgan fingerprint density at radius 3 is 1.78 bits per heavy atom. The molecule has 1 aliphatic rings. The van der Waals surface area contributed by atoms with E-state index < -0.39 is 0 Å². The summed E-state index contributed by atoms with van der Waals surface area (Å²) in [6.07, 6.45) is 0. The van der Waals surface area contributed by atoms with Crippen LogP contribution in [0, 0.1) is 0 Å². The highest BCUT2D eigenvalue weighted by molar-refractivity contribution is 6.19. The minimum Gasteiger partial charge on any atom is -0.315 e. The molecule has 0 amide bonds. The first-order valence-corrected chi connectivity index (χ1v) is 15.9. The molecule has 4 heterocycles. The smallest absolute Gasteiger partial charge is 0.211 e. The Kier molecular flexibility index (Phi) is 4.93. The fourth-order valence-electron chi connectivity index (χ4n) is 8.04. The molecular formula is C41H31N5. The number of nitrogens with zero attached hydrogens (tertiary/aromatic N) is 5. The molecule has 1 aliphatic heterocycles. The van der Waals surface area contributed by atoms with Crippen LogP contribution in [0.4, 0.5) is 11.6 Å². The van der Waals surface area contributed by atoms with Gasteiger partial charge >= 0.3 is 0 Å². The van der Waals surface area contributed by atoms with Crippen molar-refractivity contribution in [2.45, 2.75) is 19.4 Å². The van der Waals surface area contributed by atoms with E-state index in [1.807, 2.05) is 0 Å². The predicted octanol–water partition coefficient (Wildman–Crippen LogP) is 10.1. The normalized spacial score (nSPS) is 14.1. The molecule has 0 saturated carbocycles. The average molecular weight is 594 g/mol. The molecule has 0 radical (unpaired) electrons. The first kappa shape index (κ1) is 25.5. The number of aromatic nitrogens is 4. The Balaban J connectivity index is 1.27. The van der Waals surface area contributed by atoms with Crippen molar-refractivity contribution in [3.05, 3.63) is 139 Å². The zero-order valence-corrected chi connectivity index (χ0v) is 25.9. The van der Waals surface area contributed by atoms with Crippen molar-refractivity contribution in [2.24, 2.45) is 0 Å². The summed E-state index contributed by atoms with van der Waals surface area (Å²) in [6, 6.07) is 48.5. The fourth-order valence-corrected chi connectivity index (χ4v) is 8.04. The van der Waals surface area contributed by atoms with Gasteiger partial charge in [-0.15, -0.1) is 0 Å². The monoisotopic (exact) mass is 593 g/mol. The topological polar surface area (TPSA) is 30.9 Å². The molecule has 0 atom stereocenters. The number of hydrogen-bond acceptors (Lipinski definition) is 2. The van der Waals surface area contributed by atoms with Crippen LogP contribution in [-0.2, 0) is 5.54 Å². The van der Waals surface area contributed by atoms with Gasteiger partial charge in [0.25, 0.3) is 0 Å². The van der Waals surface area contributed by atoms with Gasteiger partial charge in [0.05, 0.1) is 44.3 Å². The van der Waals surface area contributed by atoms with E-state index in [0.717, 1.165) is 28.4 Å².